The maximum Gasteiger partial charge on any atom is 0.343 e. The number of hydrogen-bond acceptors (Lipinski definition) is 6. The van der Waals surface area contributed by atoms with Gasteiger partial charge in [0.05, 0.1) is 18.6 Å². The van der Waals surface area contributed by atoms with Crippen molar-refractivity contribution in [2.24, 2.45) is 5.73 Å². The zero-order chi connectivity index (χ0) is 22.8. The minimum atomic E-state index is -0.556. The SMILES string of the molecule is COc1ccc(C(=O)Oc2ccc3c(c2)OC(N)=C(C#N)C3c2ccc(Cl)cc2Cl)cc1. The molecule has 0 spiro atoms. The molecule has 8 heteroatoms. The Labute approximate surface area is 194 Å². The predicted molar refractivity (Wildman–Crippen MR) is 120 cm³/mol. The molecule has 2 N–H and O–H groups in total. The molecule has 1 unspecified atom stereocenters. The second-order valence-electron chi connectivity index (χ2n) is 6.91. The second-order valence-corrected chi connectivity index (χ2v) is 7.75. The van der Waals surface area contributed by atoms with E-state index in [1.54, 1.807) is 67.8 Å². The molecule has 6 nitrogen and oxygen atoms in total. The summed E-state index contributed by atoms with van der Waals surface area (Å²) in [5.74, 6) is 0.110. The van der Waals surface area contributed by atoms with Crippen LogP contribution < -0.4 is 19.9 Å². The lowest BCUT2D eigenvalue weighted by molar-refractivity contribution is 0.0734. The Hall–Kier alpha value is -3.66. The molecule has 0 fully saturated rings. The molecule has 32 heavy (non-hydrogen) atoms. The number of allylic oxidation sites excluding steroid dienone is 1. The summed E-state index contributed by atoms with van der Waals surface area (Å²) in [7, 11) is 1.54. The standard InChI is InChI=1S/C24H16Cl2N2O4/c1-30-15-5-2-13(3-6-15)24(29)31-16-7-9-18-21(11-16)32-23(28)19(12-27)22(18)17-8-4-14(25)10-20(17)26/h2-11,22H,28H2,1H3. The first kappa shape index (κ1) is 21.6. The summed E-state index contributed by atoms with van der Waals surface area (Å²) >= 11 is 12.4. The highest BCUT2D eigenvalue weighted by atomic mass is 35.5. The van der Waals surface area contributed by atoms with E-state index < -0.39 is 11.9 Å². The van der Waals surface area contributed by atoms with E-state index in [-0.39, 0.29) is 17.2 Å². The molecule has 1 aliphatic rings. The normalized spacial score (nSPS) is 14.8. The van der Waals surface area contributed by atoms with Gasteiger partial charge in [-0.15, -0.1) is 0 Å². The van der Waals surface area contributed by atoms with Crippen LogP contribution in [0.25, 0.3) is 0 Å². The fourth-order valence-electron chi connectivity index (χ4n) is 3.45. The Morgan fingerprint density at radius 1 is 1.03 bits per heavy atom. The van der Waals surface area contributed by atoms with Crippen molar-refractivity contribution in [3.63, 3.8) is 0 Å². The smallest absolute Gasteiger partial charge is 0.343 e. The molecular weight excluding hydrogens is 451 g/mol. The van der Waals surface area contributed by atoms with Gasteiger partial charge >= 0.3 is 5.97 Å². The molecule has 1 aliphatic heterocycles. The Morgan fingerprint density at radius 2 is 1.72 bits per heavy atom. The zero-order valence-electron chi connectivity index (χ0n) is 16.8. The van der Waals surface area contributed by atoms with Crippen molar-refractivity contribution in [3.05, 3.63) is 98.9 Å². The molecule has 0 amide bonds. The summed E-state index contributed by atoms with van der Waals surface area (Å²) in [5.41, 5.74) is 7.93. The molecule has 1 atom stereocenters. The first-order valence-corrected chi connectivity index (χ1v) is 10.2. The van der Waals surface area contributed by atoms with E-state index in [2.05, 4.69) is 6.07 Å². The molecule has 4 rings (SSSR count). The molecule has 1 heterocycles. The number of halogens is 2. The van der Waals surface area contributed by atoms with Crippen LogP contribution in [0.3, 0.4) is 0 Å². The first-order valence-electron chi connectivity index (χ1n) is 9.44. The van der Waals surface area contributed by atoms with Crippen LogP contribution >= 0.6 is 23.2 Å². The molecule has 0 saturated carbocycles. The third-order valence-electron chi connectivity index (χ3n) is 5.00. The Morgan fingerprint density at radius 3 is 2.38 bits per heavy atom. The minimum absolute atomic E-state index is 0.0466. The fourth-order valence-corrected chi connectivity index (χ4v) is 3.97. The Bertz CT molecular complexity index is 1280. The minimum Gasteiger partial charge on any atom is -0.497 e. The number of nitrogens with zero attached hydrogens (tertiary/aromatic N) is 1. The third-order valence-corrected chi connectivity index (χ3v) is 5.56. The largest absolute Gasteiger partial charge is 0.497 e. The monoisotopic (exact) mass is 466 g/mol. The highest BCUT2D eigenvalue weighted by Gasteiger charge is 2.32. The lowest BCUT2D eigenvalue weighted by Crippen LogP contribution is -2.21. The maximum atomic E-state index is 12.5. The summed E-state index contributed by atoms with van der Waals surface area (Å²) < 4.78 is 16.2. The number of ether oxygens (including phenoxy) is 3. The molecule has 0 saturated heterocycles. The summed E-state index contributed by atoms with van der Waals surface area (Å²) in [4.78, 5) is 12.5. The van der Waals surface area contributed by atoms with Crippen molar-refractivity contribution in [1.82, 2.24) is 0 Å². The molecule has 160 valence electrons. The zero-order valence-corrected chi connectivity index (χ0v) is 18.3. The van der Waals surface area contributed by atoms with Gasteiger partial charge < -0.3 is 19.9 Å². The number of hydrogen-bond donors (Lipinski definition) is 1. The quantitative estimate of drug-likeness (QED) is 0.406. The van der Waals surface area contributed by atoms with Gasteiger partial charge in [0.1, 0.15) is 28.9 Å². The number of carbonyl (C=O) groups excluding carboxylic acids is 1. The maximum absolute atomic E-state index is 12.5. The van der Waals surface area contributed by atoms with Crippen LogP contribution in [-0.4, -0.2) is 13.1 Å². The van der Waals surface area contributed by atoms with E-state index in [1.807, 2.05) is 0 Å². The van der Waals surface area contributed by atoms with E-state index in [0.717, 1.165) is 0 Å². The highest BCUT2D eigenvalue weighted by molar-refractivity contribution is 6.35. The molecule has 3 aromatic rings. The average molecular weight is 467 g/mol. The number of methoxy groups -OCH3 is 1. The van der Waals surface area contributed by atoms with Gasteiger partial charge in [-0.2, -0.15) is 5.26 Å². The van der Waals surface area contributed by atoms with E-state index in [0.29, 0.717) is 38.2 Å². The van der Waals surface area contributed by atoms with E-state index in [9.17, 15) is 10.1 Å². The number of esters is 1. The van der Waals surface area contributed by atoms with Crippen molar-refractivity contribution in [3.8, 4) is 23.3 Å². The Kier molecular flexibility index (Phi) is 5.95. The van der Waals surface area contributed by atoms with Gasteiger partial charge in [0.25, 0.3) is 0 Å². The van der Waals surface area contributed by atoms with Crippen LogP contribution in [-0.2, 0) is 0 Å². The lowest BCUT2D eigenvalue weighted by Gasteiger charge is -2.27. The highest BCUT2D eigenvalue weighted by Crippen LogP contribution is 2.45. The van der Waals surface area contributed by atoms with E-state index in [4.69, 9.17) is 43.1 Å². The summed E-state index contributed by atoms with van der Waals surface area (Å²) in [6, 6.07) is 18.6. The molecule has 0 radical (unpaired) electrons. The van der Waals surface area contributed by atoms with Gasteiger partial charge in [-0.05, 0) is 48.0 Å². The lowest BCUT2D eigenvalue weighted by atomic mass is 9.83. The van der Waals surface area contributed by atoms with Gasteiger partial charge in [-0.25, -0.2) is 4.79 Å². The van der Waals surface area contributed by atoms with Crippen molar-refractivity contribution in [1.29, 1.82) is 5.26 Å². The number of rotatable bonds is 4. The second kappa shape index (κ2) is 8.83. The van der Waals surface area contributed by atoms with Crippen molar-refractivity contribution < 1.29 is 19.0 Å². The van der Waals surface area contributed by atoms with Crippen molar-refractivity contribution >= 4 is 29.2 Å². The van der Waals surface area contributed by atoms with Gasteiger partial charge in [-0.3, -0.25) is 0 Å². The van der Waals surface area contributed by atoms with Gasteiger partial charge in [0.2, 0.25) is 5.88 Å². The van der Waals surface area contributed by atoms with Crippen LogP contribution in [0.1, 0.15) is 27.4 Å². The van der Waals surface area contributed by atoms with E-state index in [1.165, 1.54) is 0 Å². The number of nitriles is 1. The molecule has 0 bridgehead atoms. The molecule has 0 aliphatic carbocycles. The van der Waals surface area contributed by atoms with E-state index >= 15 is 0 Å². The average Bonchev–Trinajstić information content (AvgIpc) is 2.78. The summed E-state index contributed by atoms with van der Waals surface area (Å²) in [6.45, 7) is 0. The summed E-state index contributed by atoms with van der Waals surface area (Å²) in [5, 5.41) is 10.6. The summed E-state index contributed by atoms with van der Waals surface area (Å²) in [6.07, 6.45) is 0. The van der Waals surface area contributed by atoms with Crippen LogP contribution in [0.5, 0.6) is 17.2 Å². The molecule has 0 aromatic heterocycles. The van der Waals surface area contributed by atoms with Crippen molar-refractivity contribution in [2.45, 2.75) is 5.92 Å². The van der Waals surface area contributed by atoms with Crippen LogP contribution in [0.15, 0.2) is 72.1 Å². The van der Waals surface area contributed by atoms with Crippen LogP contribution in [0.4, 0.5) is 0 Å². The van der Waals surface area contributed by atoms with Crippen LogP contribution in [0, 0.1) is 11.3 Å². The van der Waals surface area contributed by atoms with Gasteiger partial charge in [-0.1, -0.05) is 35.3 Å². The number of benzene rings is 3. The van der Waals surface area contributed by atoms with Gasteiger partial charge in [0.15, 0.2) is 0 Å². The van der Waals surface area contributed by atoms with Gasteiger partial charge in [0, 0.05) is 21.7 Å². The third kappa shape index (κ3) is 4.09. The molecule has 3 aromatic carbocycles. The predicted octanol–water partition coefficient (Wildman–Crippen LogP) is 5.44. The number of fused-ring (bicyclic) bond motifs is 1. The Balaban J connectivity index is 1.68. The number of nitrogens with two attached hydrogens (primary N) is 1. The van der Waals surface area contributed by atoms with Crippen molar-refractivity contribution in [2.75, 3.05) is 7.11 Å². The molecular formula is C24H16Cl2N2O4. The topological polar surface area (TPSA) is 94.6 Å². The van der Waals surface area contributed by atoms with Crippen LogP contribution in [0.2, 0.25) is 10.0 Å². The number of carbonyl (C=O) groups is 1. The first-order chi connectivity index (χ1) is 15.4. The fraction of sp³-hybridized carbons (Fsp3) is 0.0833.